The number of hydrogen-bond acceptors (Lipinski definition) is 6. The highest BCUT2D eigenvalue weighted by atomic mass is 19.4. The fourth-order valence-electron chi connectivity index (χ4n) is 5.29. The topological polar surface area (TPSA) is 74.2 Å². The molecule has 7 nitrogen and oxygen atoms in total. The van der Waals surface area contributed by atoms with Gasteiger partial charge in [-0.15, -0.1) is 0 Å². The molecule has 0 bridgehead atoms. The van der Waals surface area contributed by atoms with Gasteiger partial charge in [0.1, 0.15) is 5.82 Å². The van der Waals surface area contributed by atoms with E-state index in [2.05, 4.69) is 31.2 Å². The number of nitrogens with one attached hydrogen (secondary N) is 1. The zero-order valence-corrected chi connectivity index (χ0v) is 23.3. The molecule has 0 radical (unpaired) electrons. The lowest BCUT2D eigenvalue weighted by molar-refractivity contribution is -0.138. The summed E-state index contributed by atoms with van der Waals surface area (Å²) in [5.41, 5.74) is 4.29. The first-order valence-electron chi connectivity index (χ1n) is 14.0. The van der Waals surface area contributed by atoms with E-state index in [0.29, 0.717) is 5.69 Å². The quantitative estimate of drug-likeness (QED) is 0.246. The number of pyridine rings is 1. The number of amides is 1. The fourth-order valence-corrected chi connectivity index (χ4v) is 5.29. The Kier molecular flexibility index (Phi) is 8.02. The van der Waals surface area contributed by atoms with Crippen LogP contribution in [-0.2, 0) is 23.9 Å². The van der Waals surface area contributed by atoms with Crippen molar-refractivity contribution in [3.05, 3.63) is 114 Å². The van der Waals surface area contributed by atoms with Crippen LogP contribution in [0, 0.1) is 0 Å². The lowest BCUT2D eigenvalue weighted by Gasteiger charge is -2.35. The number of anilines is 2. The summed E-state index contributed by atoms with van der Waals surface area (Å²) >= 11 is 0. The predicted molar refractivity (Wildman–Crippen MR) is 160 cm³/mol. The molecule has 0 spiro atoms. The van der Waals surface area contributed by atoms with E-state index in [9.17, 15) is 18.0 Å². The van der Waals surface area contributed by atoms with Crippen LogP contribution in [0.3, 0.4) is 0 Å². The van der Waals surface area contributed by atoms with Crippen LogP contribution in [0.25, 0.3) is 22.2 Å². The number of carbonyl (C=O) groups excluding carboxylic acids is 1. The first-order valence-corrected chi connectivity index (χ1v) is 14.0. The molecule has 6 rings (SSSR count). The highest BCUT2D eigenvalue weighted by Gasteiger charge is 2.33. The number of hydrogen-bond donors (Lipinski definition) is 1. The molecule has 0 atom stereocenters. The zero-order chi connectivity index (χ0) is 29.8. The average Bonchev–Trinajstić information content (AvgIpc) is 3.01. The number of nitrogens with zero attached hydrogens (tertiary/aromatic N) is 5. The molecule has 1 N–H and O–H groups in total. The molecule has 0 aliphatic carbocycles. The molecule has 43 heavy (non-hydrogen) atoms. The van der Waals surface area contributed by atoms with Crippen LogP contribution in [0.1, 0.15) is 16.7 Å². The Morgan fingerprint density at radius 1 is 0.837 bits per heavy atom. The highest BCUT2D eigenvalue weighted by molar-refractivity contribution is 5.93. The molecular formula is C33H29F3N6O. The summed E-state index contributed by atoms with van der Waals surface area (Å²) in [5, 5.41) is 2.70. The van der Waals surface area contributed by atoms with Gasteiger partial charge in [0.05, 0.1) is 29.2 Å². The third-order valence-electron chi connectivity index (χ3n) is 7.53. The molecule has 1 aliphatic rings. The first kappa shape index (κ1) is 28.3. The molecule has 1 aliphatic heterocycles. The van der Waals surface area contributed by atoms with Gasteiger partial charge in [-0.1, -0.05) is 42.5 Å². The van der Waals surface area contributed by atoms with Crippen molar-refractivity contribution in [1.82, 2.24) is 19.9 Å². The molecule has 218 valence electrons. The van der Waals surface area contributed by atoms with Crippen molar-refractivity contribution >= 4 is 28.4 Å². The second-order valence-corrected chi connectivity index (χ2v) is 10.5. The van der Waals surface area contributed by atoms with E-state index in [4.69, 9.17) is 4.98 Å². The normalized spacial score (nSPS) is 14.2. The van der Waals surface area contributed by atoms with E-state index in [1.807, 2.05) is 48.8 Å². The van der Waals surface area contributed by atoms with Crippen LogP contribution in [0.15, 0.2) is 97.5 Å². The third kappa shape index (κ3) is 6.81. The maximum absolute atomic E-state index is 13.3. The summed E-state index contributed by atoms with van der Waals surface area (Å²) < 4.78 is 39.8. The van der Waals surface area contributed by atoms with Crippen LogP contribution < -0.4 is 10.2 Å². The molecule has 10 heteroatoms. The van der Waals surface area contributed by atoms with E-state index in [-0.39, 0.29) is 12.0 Å². The summed E-state index contributed by atoms with van der Waals surface area (Å²) in [6, 6.07) is 22.3. The Hall–Kier alpha value is -4.83. The molecule has 2 aromatic heterocycles. The number of carbonyl (C=O) groups is 1. The molecule has 5 aromatic rings. The molecule has 1 saturated heterocycles. The van der Waals surface area contributed by atoms with Gasteiger partial charge in [0, 0.05) is 50.8 Å². The summed E-state index contributed by atoms with van der Waals surface area (Å²) in [6.45, 7) is 4.44. The Balaban J connectivity index is 1.10. The van der Waals surface area contributed by atoms with Gasteiger partial charge in [0.25, 0.3) is 0 Å². The summed E-state index contributed by atoms with van der Waals surface area (Å²) in [6.07, 6.45) is 0.629. The van der Waals surface area contributed by atoms with Crippen molar-refractivity contribution in [2.24, 2.45) is 0 Å². The number of aromatic nitrogens is 3. The van der Waals surface area contributed by atoms with Crippen molar-refractivity contribution in [2.45, 2.75) is 19.1 Å². The smallest absolute Gasteiger partial charge is 0.353 e. The third-order valence-corrected chi connectivity index (χ3v) is 7.53. The number of benzene rings is 3. The Morgan fingerprint density at radius 2 is 1.60 bits per heavy atom. The number of fused-ring (bicyclic) bond motifs is 1. The number of alkyl halides is 3. The molecule has 0 saturated carbocycles. The summed E-state index contributed by atoms with van der Waals surface area (Å²) in [4.78, 5) is 30.9. The molecule has 1 amide bonds. The fraction of sp³-hybridized carbons (Fsp3) is 0.212. The number of piperazine rings is 1. The van der Waals surface area contributed by atoms with E-state index < -0.39 is 17.6 Å². The van der Waals surface area contributed by atoms with Crippen molar-refractivity contribution in [1.29, 1.82) is 0 Å². The highest BCUT2D eigenvalue weighted by Crippen LogP contribution is 2.32. The largest absolute Gasteiger partial charge is 0.416 e. The van der Waals surface area contributed by atoms with Crippen LogP contribution in [-0.4, -0.2) is 51.9 Å². The minimum absolute atomic E-state index is 0.0626. The summed E-state index contributed by atoms with van der Waals surface area (Å²) in [7, 11) is 0. The van der Waals surface area contributed by atoms with E-state index in [1.165, 1.54) is 23.8 Å². The second kappa shape index (κ2) is 12.2. The molecule has 1 fully saturated rings. The van der Waals surface area contributed by atoms with Gasteiger partial charge in [-0.25, -0.2) is 4.98 Å². The second-order valence-electron chi connectivity index (χ2n) is 10.5. The lowest BCUT2D eigenvalue weighted by Crippen LogP contribution is -2.46. The van der Waals surface area contributed by atoms with Crippen molar-refractivity contribution in [2.75, 3.05) is 36.4 Å². The Morgan fingerprint density at radius 3 is 2.35 bits per heavy atom. The van der Waals surface area contributed by atoms with Crippen LogP contribution in [0.4, 0.5) is 24.7 Å². The maximum atomic E-state index is 13.3. The van der Waals surface area contributed by atoms with Crippen molar-refractivity contribution in [3.8, 4) is 11.1 Å². The predicted octanol–water partition coefficient (Wildman–Crippen LogP) is 6.21. The van der Waals surface area contributed by atoms with Crippen molar-refractivity contribution in [3.63, 3.8) is 0 Å². The maximum Gasteiger partial charge on any atom is 0.416 e. The Bertz CT molecular complexity index is 1720. The van der Waals surface area contributed by atoms with Gasteiger partial charge in [-0.05, 0) is 58.7 Å². The molecule has 3 aromatic carbocycles. The Labute approximate surface area is 247 Å². The van der Waals surface area contributed by atoms with Crippen LogP contribution >= 0.6 is 0 Å². The molecule has 0 unspecified atom stereocenters. The van der Waals surface area contributed by atoms with Gasteiger partial charge in [-0.2, -0.15) is 13.2 Å². The number of rotatable bonds is 7. The van der Waals surface area contributed by atoms with Gasteiger partial charge in [0.2, 0.25) is 5.91 Å². The van der Waals surface area contributed by atoms with Gasteiger partial charge in [-0.3, -0.25) is 19.7 Å². The van der Waals surface area contributed by atoms with Crippen LogP contribution in [0.2, 0.25) is 0 Å². The number of halogens is 3. The molecule has 3 heterocycles. The van der Waals surface area contributed by atoms with Gasteiger partial charge < -0.3 is 10.2 Å². The van der Waals surface area contributed by atoms with Gasteiger partial charge in [0.15, 0.2) is 0 Å². The summed E-state index contributed by atoms with van der Waals surface area (Å²) in [5.74, 6) is 0.326. The van der Waals surface area contributed by atoms with E-state index in [1.54, 1.807) is 18.3 Å². The molecular weight excluding hydrogens is 553 g/mol. The standard InChI is InChI=1S/C33H29F3N6O/c34-33(35,36)28-6-2-1-5-26(28)19-32(43)39-27-10-7-24(8-11-27)25-9-12-29-30(18-25)40-31(21-38-29)42-16-14-41(15-17-42)22-23-4-3-13-37-20-23/h1-13,18,20-21H,14-17,19,22H2,(H,39,43). The minimum atomic E-state index is -4.51. The monoisotopic (exact) mass is 582 g/mol. The lowest BCUT2D eigenvalue weighted by atomic mass is 10.0. The average molecular weight is 583 g/mol. The first-order chi connectivity index (χ1) is 20.8. The SMILES string of the molecule is O=C(Cc1ccccc1C(F)(F)F)Nc1ccc(-c2ccc3ncc(N4CCN(Cc5cccnc5)CC4)nc3c2)cc1. The van der Waals surface area contributed by atoms with E-state index >= 15 is 0 Å². The van der Waals surface area contributed by atoms with Crippen LogP contribution in [0.5, 0.6) is 0 Å². The van der Waals surface area contributed by atoms with Gasteiger partial charge >= 0.3 is 6.18 Å². The van der Waals surface area contributed by atoms with Crippen molar-refractivity contribution < 1.29 is 18.0 Å². The van der Waals surface area contributed by atoms with E-state index in [0.717, 1.165) is 66.8 Å². The zero-order valence-electron chi connectivity index (χ0n) is 23.3. The minimum Gasteiger partial charge on any atom is -0.353 e.